The lowest BCUT2D eigenvalue weighted by Gasteiger charge is -2.27. The summed E-state index contributed by atoms with van der Waals surface area (Å²) in [5, 5.41) is -0.682. The Bertz CT molecular complexity index is 1210. The third kappa shape index (κ3) is 3.71. The molecule has 158 valence electrons. The number of rotatable bonds is 3. The molecule has 4 heteroatoms. The maximum Gasteiger partial charge on any atom is 0.118 e. The van der Waals surface area contributed by atoms with Crippen molar-refractivity contribution in [2.24, 2.45) is 0 Å². The van der Waals surface area contributed by atoms with Crippen molar-refractivity contribution in [2.45, 2.75) is 38.8 Å². The summed E-state index contributed by atoms with van der Waals surface area (Å²) in [6, 6.07) is 24.6. The second kappa shape index (κ2) is 8.28. The SMILES string of the molecule is COc1ccc(P2(=S)SC3=C(CCCc4ccc(C)cc43)C2c2ccc(C)cc2)cc1. The summed E-state index contributed by atoms with van der Waals surface area (Å²) in [7, 11) is 1.72. The van der Waals surface area contributed by atoms with Crippen LogP contribution in [0.2, 0.25) is 0 Å². The van der Waals surface area contributed by atoms with E-state index >= 15 is 0 Å². The minimum absolute atomic E-state index is 0.294. The highest BCUT2D eigenvalue weighted by Gasteiger charge is 2.44. The molecule has 2 aliphatic rings. The fourth-order valence-corrected chi connectivity index (χ4v) is 13.1. The minimum atomic E-state index is -1.97. The highest BCUT2D eigenvalue weighted by atomic mass is 32.9. The smallest absolute Gasteiger partial charge is 0.118 e. The van der Waals surface area contributed by atoms with Crippen molar-refractivity contribution in [3.8, 4) is 5.75 Å². The Morgan fingerprint density at radius 1 is 0.903 bits per heavy atom. The van der Waals surface area contributed by atoms with Gasteiger partial charge in [0.25, 0.3) is 0 Å². The van der Waals surface area contributed by atoms with Crippen LogP contribution in [-0.2, 0) is 18.2 Å². The summed E-state index contributed by atoms with van der Waals surface area (Å²) in [6.45, 7) is 4.35. The van der Waals surface area contributed by atoms with E-state index in [1.807, 2.05) is 11.4 Å². The molecule has 31 heavy (non-hydrogen) atoms. The van der Waals surface area contributed by atoms with E-state index in [1.54, 1.807) is 12.7 Å². The molecule has 5 rings (SSSR count). The van der Waals surface area contributed by atoms with E-state index in [-0.39, 0.29) is 0 Å². The second-order valence-corrected chi connectivity index (χ2v) is 16.1. The van der Waals surface area contributed by atoms with Crippen molar-refractivity contribution in [2.75, 3.05) is 7.11 Å². The van der Waals surface area contributed by atoms with Crippen molar-refractivity contribution in [3.63, 3.8) is 0 Å². The number of hydrogen-bond acceptors (Lipinski definition) is 3. The average Bonchev–Trinajstić information content (AvgIpc) is 2.98. The Balaban J connectivity index is 1.71. The molecule has 0 bridgehead atoms. The van der Waals surface area contributed by atoms with Gasteiger partial charge in [-0.05, 0) is 84.9 Å². The predicted molar refractivity (Wildman–Crippen MR) is 139 cm³/mol. The second-order valence-electron chi connectivity index (χ2n) is 8.57. The Morgan fingerprint density at radius 2 is 1.61 bits per heavy atom. The number of aryl methyl sites for hydroxylation is 3. The van der Waals surface area contributed by atoms with Gasteiger partial charge in [0, 0.05) is 15.8 Å². The highest BCUT2D eigenvalue weighted by Crippen LogP contribution is 2.80. The zero-order valence-electron chi connectivity index (χ0n) is 18.2. The topological polar surface area (TPSA) is 9.23 Å². The number of benzene rings is 3. The molecule has 0 saturated heterocycles. The van der Waals surface area contributed by atoms with Crippen LogP contribution in [0.5, 0.6) is 5.75 Å². The standard InChI is InChI=1S/C27H27OPS2/c1-18-7-11-21(12-8-18)26-24-6-4-5-20-10-9-19(2)17-25(20)27(24)31-29(26,30)23-15-13-22(28-3)14-16-23/h7-17,26H,4-6H2,1-3H3. The molecule has 0 saturated carbocycles. The summed E-state index contributed by atoms with van der Waals surface area (Å²) >= 11 is 8.66. The predicted octanol–water partition coefficient (Wildman–Crippen LogP) is 7.57. The van der Waals surface area contributed by atoms with Gasteiger partial charge >= 0.3 is 0 Å². The monoisotopic (exact) mass is 462 g/mol. The zero-order valence-corrected chi connectivity index (χ0v) is 20.7. The van der Waals surface area contributed by atoms with E-state index in [0.717, 1.165) is 18.6 Å². The van der Waals surface area contributed by atoms with Gasteiger partial charge in [-0.15, -0.1) is 0 Å². The van der Waals surface area contributed by atoms with Crippen LogP contribution in [-0.4, -0.2) is 7.11 Å². The van der Waals surface area contributed by atoms with Crippen LogP contribution in [0.25, 0.3) is 4.91 Å². The number of hydrogen-bond donors (Lipinski definition) is 0. The lowest BCUT2D eigenvalue weighted by atomic mass is 9.98. The number of allylic oxidation sites excluding steroid dienone is 1. The van der Waals surface area contributed by atoms with Gasteiger partial charge in [-0.2, -0.15) is 0 Å². The molecule has 0 N–H and O–H groups in total. The van der Waals surface area contributed by atoms with Gasteiger partial charge < -0.3 is 4.74 Å². The van der Waals surface area contributed by atoms with Crippen LogP contribution in [0.4, 0.5) is 0 Å². The van der Waals surface area contributed by atoms with Crippen LogP contribution in [0.3, 0.4) is 0 Å². The Labute approximate surface area is 194 Å². The molecule has 0 amide bonds. The summed E-state index contributed by atoms with van der Waals surface area (Å²) < 4.78 is 5.42. The molecule has 3 aromatic rings. The first-order valence-corrected chi connectivity index (χ1v) is 15.1. The van der Waals surface area contributed by atoms with Crippen molar-refractivity contribution >= 4 is 38.6 Å². The molecule has 0 spiro atoms. The Morgan fingerprint density at radius 3 is 2.32 bits per heavy atom. The van der Waals surface area contributed by atoms with Gasteiger partial charge in [0.15, 0.2) is 0 Å². The maximum atomic E-state index is 6.66. The largest absolute Gasteiger partial charge is 0.497 e. The van der Waals surface area contributed by atoms with Gasteiger partial charge in [-0.3, -0.25) is 0 Å². The fourth-order valence-electron chi connectivity index (χ4n) is 4.78. The normalized spacial score (nSPS) is 22.6. The molecule has 1 heterocycles. The number of methoxy groups -OCH3 is 1. The van der Waals surface area contributed by atoms with Crippen molar-refractivity contribution in [3.05, 3.63) is 100 Å². The zero-order chi connectivity index (χ0) is 21.6. The Kier molecular flexibility index (Phi) is 5.63. The van der Waals surface area contributed by atoms with Crippen LogP contribution >= 0.6 is 16.6 Å². The highest BCUT2D eigenvalue weighted by molar-refractivity contribution is 8.76. The number of ether oxygens (including phenoxy) is 1. The van der Waals surface area contributed by atoms with Gasteiger partial charge in [0.05, 0.1) is 7.11 Å². The van der Waals surface area contributed by atoms with Crippen molar-refractivity contribution in [1.29, 1.82) is 0 Å². The molecule has 3 aromatic carbocycles. The first-order valence-electron chi connectivity index (χ1n) is 10.8. The lowest BCUT2D eigenvalue weighted by Crippen LogP contribution is -2.09. The van der Waals surface area contributed by atoms with Gasteiger partial charge in [0.1, 0.15) is 5.75 Å². The van der Waals surface area contributed by atoms with E-state index in [9.17, 15) is 0 Å². The molecule has 0 radical (unpaired) electrons. The van der Waals surface area contributed by atoms with Crippen LogP contribution in [0.1, 0.15) is 46.3 Å². The summed E-state index contributed by atoms with van der Waals surface area (Å²) in [5.74, 6) is 0.886. The molecular formula is C27H27OPS2. The Hall–Kier alpha value is -1.80. The van der Waals surface area contributed by atoms with Gasteiger partial charge in [0.2, 0.25) is 0 Å². The number of fused-ring (bicyclic) bond motifs is 2. The molecule has 2 unspecified atom stereocenters. The molecular weight excluding hydrogens is 435 g/mol. The summed E-state index contributed by atoms with van der Waals surface area (Å²) in [4.78, 5) is 1.46. The van der Waals surface area contributed by atoms with E-state index in [2.05, 4.69) is 80.6 Å². The maximum absolute atomic E-state index is 6.66. The van der Waals surface area contributed by atoms with Crippen molar-refractivity contribution in [1.82, 2.24) is 0 Å². The third-order valence-corrected chi connectivity index (χ3v) is 14.2. The molecule has 0 fully saturated rings. The summed E-state index contributed by atoms with van der Waals surface area (Å²) in [6.07, 6.45) is 3.47. The quantitative estimate of drug-likeness (QED) is 0.372. The molecule has 1 aliphatic carbocycles. The van der Waals surface area contributed by atoms with Crippen molar-refractivity contribution < 1.29 is 4.74 Å². The minimum Gasteiger partial charge on any atom is -0.497 e. The fraction of sp³-hybridized carbons (Fsp3) is 0.259. The summed E-state index contributed by atoms with van der Waals surface area (Å²) in [5.41, 5.74) is 8.75. The van der Waals surface area contributed by atoms with E-state index in [0.29, 0.717) is 5.66 Å². The van der Waals surface area contributed by atoms with Gasteiger partial charge in [-0.1, -0.05) is 76.8 Å². The molecule has 1 nitrogen and oxygen atoms in total. The first kappa shape index (κ1) is 21.1. The molecule has 0 aromatic heterocycles. The first-order chi connectivity index (χ1) is 15.0. The average molecular weight is 463 g/mol. The third-order valence-electron chi connectivity index (χ3n) is 6.42. The van der Waals surface area contributed by atoms with Crippen LogP contribution in [0.15, 0.2) is 72.3 Å². The van der Waals surface area contributed by atoms with E-state index < -0.39 is 5.24 Å². The molecule has 1 aliphatic heterocycles. The lowest BCUT2D eigenvalue weighted by molar-refractivity contribution is 0.415. The van der Waals surface area contributed by atoms with Crippen LogP contribution in [0, 0.1) is 13.8 Å². The van der Waals surface area contributed by atoms with Crippen LogP contribution < -0.4 is 10.0 Å². The molecule has 2 atom stereocenters. The van der Waals surface area contributed by atoms with E-state index in [1.165, 1.54) is 44.4 Å². The van der Waals surface area contributed by atoms with E-state index in [4.69, 9.17) is 16.5 Å². The van der Waals surface area contributed by atoms with Gasteiger partial charge in [-0.25, -0.2) is 0 Å².